The van der Waals surface area contributed by atoms with Gasteiger partial charge in [0.25, 0.3) is 0 Å². The van der Waals surface area contributed by atoms with E-state index in [1.807, 2.05) is 0 Å². The predicted octanol–water partition coefficient (Wildman–Crippen LogP) is 3.62. The van der Waals surface area contributed by atoms with Crippen molar-refractivity contribution < 1.29 is 0 Å². The predicted molar refractivity (Wildman–Crippen MR) is 50.5 cm³/mol. The van der Waals surface area contributed by atoms with Crippen molar-refractivity contribution in [1.82, 2.24) is 0 Å². The molecule has 60 valence electrons. The molecule has 0 unspecified atom stereocenters. The maximum Gasteiger partial charge on any atom is -0.0132 e. The molecule has 0 heteroatoms. The first-order valence-corrected chi connectivity index (χ1v) is 4.34. The van der Waals surface area contributed by atoms with Crippen LogP contribution in [0.25, 0.3) is 0 Å². The van der Waals surface area contributed by atoms with Gasteiger partial charge in [-0.15, -0.1) is 0 Å². The molecular formula is C11H16. The third-order valence-corrected chi connectivity index (χ3v) is 1.88. The summed E-state index contributed by atoms with van der Waals surface area (Å²) in [4.78, 5) is 0. The molecule has 0 atom stereocenters. The fourth-order valence-corrected chi connectivity index (χ4v) is 1.37. The zero-order chi connectivity index (χ0) is 8.10. The van der Waals surface area contributed by atoms with Gasteiger partial charge in [0.15, 0.2) is 0 Å². The molecule has 0 N–H and O–H groups in total. The Bertz CT molecular complexity index is 194. The molecule has 0 aromatic carbocycles. The van der Waals surface area contributed by atoms with E-state index in [1.54, 1.807) is 5.57 Å². The maximum atomic E-state index is 2.31. The Labute approximate surface area is 69.3 Å². The zero-order valence-corrected chi connectivity index (χ0v) is 7.43. The Kier molecular flexibility index (Phi) is 3.15. The largest absolute Gasteiger partial charge is 0.0841 e. The molecule has 11 heavy (non-hydrogen) atoms. The van der Waals surface area contributed by atoms with Gasteiger partial charge in [-0.3, -0.25) is 0 Å². The SMILES string of the molecule is CC/C=C(/C)C=C1CC=CC1. The second-order valence-corrected chi connectivity index (χ2v) is 3.04. The van der Waals surface area contributed by atoms with Crippen LogP contribution >= 0.6 is 0 Å². The summed E-state index contributed by atoms with van der Waals surface area (Å²) in [6.07, 6.45) is 12.5. The number of allylic oxidation sites excluding steroid dienone is 6. The summed E-state index contributed by atoms with van der Waals surface area (Å²) in [5.74, 6) is 0. The van der Waals surface area contributed by atoms with E-state index in [0.717, 1.165) is 19.3 Å². The van der Waals surface area contributed by atoms with E-state index in [4.69, 9.17) is 0 Å². The molecule has 0 spiro atoms. The molecule has 0 saturated heterocycles. The van der Waals surface area contributed by atoms with Crippen molar-refractivity contribution in [2.24, 2.45) is 0 Å². The van der Waals surface area contributed by atoms with Crippen molar-refractivity contribution in [2.45, 2.75) is 33.1 Å². The van der Waals surface area contributed by atoms with Crippen LogP contribution in [-0.4, -0.2) is 0 Å². The standard InChI is InChI=1S/C11H16/c1-3-6-10(2)9-11-7-4-5-8-11/h4-6,9H,3,7-8H2,1-2H3/b10-6-. The van der Waals surface area contributed by atoms with Crippen molar-refractivity contribution in [3.05, 3.63) is 35.5 Å². The minimum atomic E-state index is 1.14. The van der Waals surface area contributed by atoms with Gasteiger partial charge in [0.05, 0.1) is 0 Å². The average molecular weight is 148 g/mol. The van der Waals surface area contributed by atoms with E-state index in [9.17, 15) is 0 Å². The monoisotopic (exact) mass is 148 g/mol. The Morgan fingerprint density at radius 1 is 1.45 bits per heavy atom. The van der Waals surface area contributed by atoms with Gasteiger partial charge in [0.2, 0.25) is 0 Å². The molecule has 0 aromatic rings. The first-order chi connectivity index (χ1) is 5.33. The van der Waals surface area contributed by atoms with Crippen LogP contribution in [0.2, 0.25) is 0 Å². The first-order valence-electron chi connectivity index (χ1n) is 4.34. The third-order valence-electron chi connectivity index (χ3n) is 1.88. The van der Waals surface area contributed by atoms with E-state index >= 15 is 0 Å². The second kappa shape index (κ2) is 4.17. The van der Waals surface area contributed by atoms with E-state index < -0.39 is 0 Å². The summed E-state index contributed by atoms with van der Waals surface area (Å²) < 4.78 is 0. The highest BCUT2D eigenvalue weighted by Gasteiger charge is 1.98. The molecule has 1 aliphatic carbocycles. The van der Waals surface area contributed by atoms with Gasteiger partial charge >= 0.3 is 0 Å². The van der Waals surface area contributed by atoms with Crippen molar-refractivity contribution >= 4 is 0 Å². The smallest absolute Gasteiger partial charge is 0.0132 e. The van der Waals surface area contributed by atoms with Crippen LogP contribution < -0.4 is 0 Å². The van der Waals surface area contributed by atoms with Crippen LogP contribution in [0.1, 0.15) is 33.1 Å². The normalized spacial score (nSPS) is 17.6. The van der Waals surface area contributed by atoms with Crippen molar-refractivity contribution in [3.63, 3.8) is 0 Å². The van der Waals surface area contributed by atoms with Gasteiger partial charge in [-0.2, -0.15) is 0 Å². The topological polar surface area (TPSA) is 0 Å². The third kappa shape index (κ3) is 2.75. The summed E-state index contributed by atoms with van der Waals surface area (Å²) >= 11 is 0. The van der Waals surface area contributed by atoms with Crippen molar-refractivity contribution in [1.29, 1.82) is 0 Å². The summed E-state index contributed by atoms with van der Waals surface area (Å²) in [5, 5.41) is 0. The molecule has 0 radical (unpaired) electrons. The molecule has 0 saturated carbocycles. The summed E-state index contributed by atoms with van der Waals surface area (Å²) in [6, 6.07) is 0. The van der Waals surface area contributed by atoms with Crippen molar-refractivity contribution in [2.75, 3.05) is 0 Å². The van der Waals surface area contributed by atoms with Crippen LogP contribution in [0.4, 0.5) is 0 Å². The molecule has 1 rings (SSSR count). The van der Waals surface area contributed by atoms with Gasteiger partial charge in [-0.1, -0.05) is 42.4 Å². The Balaban J connectivity index is 2.51. The first kappa shape index (κ1) is 8.32. The lowest BCUT2D eigenvalue weighted by atomic mass is 10.1. The molecule has 0 heterocycles. The van der Waals surface area contributed by atoms with Crippen molar-refractivity contribution in [3.8, 4) is 0 Å². The van der Waals surface area contributed by atoms with E-state index in [0.29, 0.717) is 0 Å². The fourth-order valence-electron chi connectivity index (χ4n) is 1.37. The molecule has 1 aliphatic rings. The number of hydrogen-bond acceptors (Lipinski definition) is 0. The quantitative estimate of drug-likeness (QED) is 0.525. The van der Waals surface area contributed by atoms with E-state index in [1.165, 1.54) is 5.57 Å². The average Bonchev–Trinajstić information content (AvgIpc) is 2.40. The highest BCUT2D eigenvalue weighted by atomic mass is 14.0. The lowest BCUT2D eigenvalue weighted by molar-refractivity contribution is 1.16. The number of rotatable bonds is 2. The van der Waals surface area contributed by atoms with E-state index in [2.05, 4.69) is 38.2 Å². The summed E-state index contributed by atoms with van der Waals surface area (Å²) in [5.41, 5.74) is 2.96. The molecule has 0 fully saturated rings. The van der Waals surface area contributed by atoms with Gasteiger partial charge in [0, 0.05) is 0 Å². The molecule has 0 bridgehead atoms. The van der Waals surface area contributed by atoms with Crippen LogP contribution in [0.3, 0.4) is 0 Å². The lowest BCUT2D eigenvalue weighted by Gasteiger charge is -1.95. The van der Waals surface area contributed by atoms with Crippen LogP contribution in [0.5, 0.6) is 0 Å². The second-order valence-electron chi connectivity index (χ2n) is 3.04. The van der Waals surface area contributed by atoms with Gasteiger partial charge < -0.3 is 0 Å². The maximum absolute atomic E-state index is 2.31. The van der Waals surface area contributed by atoms with Gasteiger partial charge in [-0.05, 0) is 26.2 Å². The molecule has 0 aliphatic heterocycles. The lowest BCUT2D eigenvalue weighted by Crippen LogP contribution is -1.75. The van der Waals surface area contributed by atoms with Crippen LogP contribution in [0.15, 0.2) is 35.5 Å². The Morgan fingerprint density at radius 2 is 2.09 bits per heavy atom. The van der Waals surface area contributed by atoms with Crippen LogP contribution in [-0.2, 0) is 0 Å². The minimum absolute atomic E-state index is 1.14. The highest BCUT2D eigenvalue weighted by Crippen LogP contribution is 2.18. The Hall–Kier alpha value is -0.780. The molecular weight excluding hydrogens is 132 g/mol. The van der Waals surface area contributed by atoms with Crippen LogP contribution in [0, 0.1) is 0 Å². The van der Waals surface area contributed by atoms with Gasteiger partial charge in [0.1, 0.15) is 0 Å². The summed E-state index contributed by atoms with van der Waals surface area (Å²) in [6.45, 7) is 4.35. The van der Waals surface area contributed by atoms with Gasteiger partial charge in [-0.25, -0.2) is 0 Å². The van der Waals surface area contributed by atoms with E-state index in [-0.39, 0.29) is 0 Å². The Morgan fingerprint density at radius 3 is 2.64 bits per heavy atom. The highest BCUT2D eigenvalue weighted by molar-refractivity contribution is 5.27. The zero-order valence-electron chi connectivity index (χ0n) is 7.43. The fraction of sp³-hybridized carbons (Fsp3) is 0.455. The molecule has 0 aromatic heterocycles. The molecule has 0 amide bonds. The molecule has 0 nitrogen and oxygen atoms in total. The number of hydrogen-bond donors (Lipinski definition) is 0. The summed E-state index contributed by atoms with van der Waals surface area (Å²) in [7, 11) is 0. The minimum Gasteiger partial charge on any atom is -0.0841 e.